The molecule has 6 heteroatoms. The molecule has 1 unspecified atom stereocenters. The topological polar surface area (TPSA) is 89.3 Å². The van der Waals surface area contributed by atoms with E-state index >= 15 is 0 Å². The highest BCUT2D eigenvalue weighted by Gasteiger charge is 2.34. The summed E-state index contributed by atoms with van der Waals surface area (Å²) in [5.74, 6) is -0.331. The number of benzene rings is 1. The van der Waals surface area contributed by atoms with E-state index in [9.17, 15) is 13.2 Å². The number of hydrogen-bond donors (Lipinski definition) is 2. The van der Waals surface area contributed by atoms with Crippen molar-refractivity contribution in [2.45, 2.75) is 31.1 Å². The number of nitrogens with two attached hydrogens (primary N) is 1. The summed E-state index contributed by atoms with van der Waals surface area (Å²) in [5.41, 5.74) is 7.01. The van der Waals surface area contributed by atoms with Crippen LogP contribution >= 0.6 is 0 Å². The Morgan fingerprint density at radius 1 is 1.37 bits per heavy atom. The number of carbonyl (C=O) groups excluding carboxylic acids is 1. The second-order valence-corrected chi connectivity index (χ2v) is 7.05. The van der Waals surface area contributed by atoms with E-state index in [1.807, 2.05) is 6.07 Å². The Morgan fingerprint density at radius 3 is 2.84 bits per heavy atom. The minimum Gasteiger partial charge on any atom is -0.326 e. The zero-order chi connectivity index (χ0) is 13.9. The zero-order valence-electron chi connectivity index (χ0n) is 10.6. The van der Waals surface area contributed by atoms with Crippen molar-refractivity contribution in [2.75, 3.05) is 11.1 Å². The lowest BCUT2D eigenvalue weighted by Crippen LogP contribution is -2.39. The molecule has 1 fully saturated rings. The second kappa shape index (κ2) is 5.71. The summed E-state index contributed by atoms with van der Waals surface area (Å²) in [6, 6.07) is 7.13. The van der Waals surface area contributed by atoms with Crippen LogP contribution in [0.5, 0.6) is 0 Å². The van der Waals surface area contributed by atoms with Gasteiger partial charge in [-0.3, -0.25) is 4.79 Å². The average molecular weight is 282 g/mol. The normalized spacial score (nSPS) is 21.8. The van der Waals surface area contributed by atoms with E-state index in [0.717, 1.165) is 12.0 Å². The summed E-state index contributed by atoms with van der Waals surface area (Å²) in [6.45, 7) is 0.380. The molecule has 1 aromatic rings. The van der Waals surface area contributed by atoms with Crippen LogP contribution in [-0.2, 0) is 21.2 Å². The van der Waals surface area contributed by atoms with Gasteiger partial charge in [0.2, 0.25) is 5.91 Å². The van der Waals surface area contributed by atoms with Gasteiger partial charge in [-0.15, -0.1) is 0 Å². The molecule has 0 spiro atoms. The molecule has 1 aromatic carbocycles. The third-order valence-electron chi connectivity index (χ3n) is 3.30. The van der Waals surface area contributed by atoms with E-state index in [-0.39, 0.29) is 5.75 Å². The highest BCUT2D eigenvalue weighted by atomic mass is 32.2. The first-order chi connectivity index (χ1) is 9.03. The van der Waals surface area contributed by atoms with Crippen LogP contribution in [0.15, 0.2) is 24.3 Å². The number of rotatable bonds is 3. The lowest BCUT2D eigenvalue weighted by Gasteiger charge is -2.21. The van der Waals surface area contributed by atoms with E-state index in [2.05, 4.69) is 5.32 Å². The molecule has 1 atom stereocenters. The van der Waals surface area contributed by atoms with Crippen LogP contribution in [0.1, 0.15) is 24.8 Å². The standard InChI is InChI=1S/C13H18N2O3S/c14-9-10-4-3-5-11(8-10)15-13(16)12-6-1-2-7-19(12,17)18/h3-5,8,12H,1-2,6-7,9,14H2,(H,15,16). The van der Waals surface area contributed by atoms with E-state index in [1.54, 1.807) is 18.2 Å². The Morgan fingerprint density at radius 2 is 2.16 bits per heavy atom. The van der Waals surface area contributed by atoms with E-state index in [4.69, 9.17) is 5.73 Å². The molecule has 104 valence electrons. The van der Waals surface area contributed by atoms with Gasteiger partial charge >= 0.3 is 0 Å². The van der Waals surface area contributed by atoms with E-state index in [0.29, 0.717) is 25.1 Å². The van der Waals surface area contributed by atoms with Crippen LogP contribution in [0.3, 0.4) is 0 Å². The summed E-state index contributed by atoms with van der Waals surface area (Å²) in [6.07, 6.45) is 1.83. The van der Waals surface area contributed by atoms with Crippen LogP contribution in [0.25, 0.3) is 0 Å². The van der Waals surface area contributed by atoms with Crippen molar-refractivity contribution in [3.63, 3.8) is 0 Å². The van der Waals surface area contributed by atoms with Crippen molar-refractivity contribution >= 4 is 21.4 Å². The molecule has 0 aliphatic carbocycles. The summed E-state index contributed by atoms with van der Waals surface area (Å²) in [7, 11) is -3.30. The molecule has 19 heavy (non-hydrogen) atoms. The van der Waals surface area contributed by atoms with Gasteiger partial charge in [0, 0.05) is 12.2 Å². The third kappa shape index (κ3) is 3.33. The Labute approximate surface area is 113 Å². The number of carbonyl (C=O) groups is 1. The monoisotopic (exact) mass is 282 g/mol. The maximum atomic E-state index is 12.1. The zero-order valence-corrected chi connectivity index (χ0v) is 11.4. The predicted molar refractivity (Wildman–Crippen MR) is 74.4 cm³/mol. The molecule has 2 rings (SSSR count). The van der Waals surface area contributed by atoms with Crippen molar-refractivity contribution in [1.29, 1.82) is 0 Å². The van der Waals surface area contributed by atoms with Gasteiger partial charge in [0.05, 0.1) is 5.75 Å². The van der Waals surface area contributed by atoms with E-state index in [1.165, 1.54) is 0 Å². The Balaban J connectivity index is 2.12. The maximum absolute atomic E-state index is 12.1. The Hall–Kier alpha value is -1.40. The van der Waals surface area contributed by atoms with Gasteiger partial charge in [-0.2, -0.15) is 0 Å². The minimum atomic E-state index is -3.30. The number of nitrogens with one attached hydrogen (secondary N) is 1. The minimum absolute atomic E-state index is 0.105. The fraction of sp³-hybridized carbons (Fsp3) is 0.462. The molecule has 0 radical (unpaired) electrons. The molecule has 0 aromatic heterocycles. The quantitative estimate of drug-likeness (QED) is 0.867. The molecule has 0 saturated carbocycles. The SMILES string of the molecule is NCc1cccc(NC(=O)C2CCCCS2(=O)=O)c1. The van der Waals surface area contributed by atoms with Gasteiger partial charge in [0.25, 0.3) is 0 Å². The van der Waals surface area contributed by atoms with Crippen LogP contribution in [0, 0.1) is 0 Å². The van der Waals surface area contributed by atoms with Crippen LogP contribution in [-0.4, -0.2) is 25.3 Å². The van der Waals surface area contributed by atoms with Crippen molar-refractivity contribution in [3.05, 3.63) is 29.8 Å². The smallest absolute Gasteiger partial charge is 0.242 e. The average Bonchev–Trinajstić information content (AvgIpc) is 2.38. The van der Waals surface area contributed by atoms with Crippen molar-refractivity contribution in [1.82, 2.24) is 0 Å². The van der Waals surface area contributed by atoms with Crippen LogP contribution in [0.2, 0.25) is 0 Å². The molecule has 1 saturated heterocycles. The van der Waals surface area contributed by atoms with Crippen molar-refractivity contribution in [3.8, 4) is 0 Å². The van der Waals surface area contributed by atoms with Gasteiger partial charge in [-0.25, -0.2) is 8.42 Å². The molecule has 3 N–H and O–H groups in total. The third-order valence-corrected chi connectivity index (χ3v) is 5.48. The first-order valence-corrected chi connectivity index (χ1v) is 8.06. The van der Waals surface area contributed by atoms with Crippen LogP contribution in [0.4, 0.5) is 5.69 Å². The van der Waals surface area contributed by atoms with Gasteiger partial charge in [0.15, 0.2) is 9.84 Å². The molecule has 1 amide bonds. The summed E-state index contributed by atoms with van der Waals surface area (Å²) >= 11 is 0. The summed E-state index contributed by atoms with van der Waals surface area (Å²) in [4.78, 5) is 12.1. The number of sulfone groups is 1. The molecule has 5 nitrogen and oxygen atoms in total. The van der Waals surface area contributed by atoms with E-state index < -0.39 is 21.0 Å². The number of hydrogen-bond acceptors (Lipinski definition) is 4. The largest absolute Gasteiger partial charge is 0.326 e. The molecule has 1 heterocycles. The van der Waals surface area contributed by atoms with Crippen molar-refractivity contribution in [2.24, 2.45) is 5.73 Å². The maximum Gasteiger partial charge on any atom is 0.242 e. The molecular weight excluding hydrogens is 264 g/mol. The van der Waals surface area contributed by atoms with Gasteiger partial charge in [-0.05, 0) is 30.5 Å². The van der Waals surface area contributed by atoms with Crippen molar-refractivity contribution < 1.29 is 13.2 Å². The van der Waals surface area contributed by atoms with Gasteiger partial charge in [0.1, 0.15) is 5.25 Å². The molecule has 1 aliphatic rings. The first-order valence-electron chi connectivity index (χ1n) is 6.34. The Bertz CT molecular complexity index is 569. The number of anilines is 1. The highest BCUT2D eigenvalue weighted by Crippen LogP contribution is 2.21. The lowest BCUT2D eigenvalue weighted by molar-refractivity contribution is -0.116. The number of amides is 1. The summed E-state index contributed by atoms with van der Waals surface area (Å²) in [5, 5.41) is 1.75. The lowest BCUT2D eigenvalue weighted by atomic mass is 10.1. The predicted octanol–water partition coefficient (Wildman–Crippen LogP) is 1.05. The second-order valence-electron chi connectivity index (χ2n) is 4.75. The first kappa shape index (κ1) is 14.0. The fourth-order valence-corrected chi connectivity index (χ4v) is 4.05. The fourth-order valence-electron chi connectivity index (χ4n) is 2.25. The van der Waals surface area contributed by atoms with Gasteiger partial charge in [-0.1, -0.05) is 18.6 Å². The molecular formula is C13H18N2O3S. The Kier molecular flexibility index (Phi) is 4.21. The summed E-state index contributed by atoms with van der Waals surface area (Å²) < 4.78 is 23.7. The van der Waals surface area contributed by atoms with Crippen LogP contribution < -0.4 is 11.1 Å². The molecule has 0 bridgehead atoms. The molecule has 1 aliphatic heterocycles. The highest BCUT2D eigenvalue weighted by molar-refractivity contribution is 7.92. The van der Waals surface area contributed by atoms with Gasteiger partial charge < -0.3 is 11.1 Å².